The summed E-state index contributed by atoms with van der Waals surface area (Å²) >= 11 is 0. The Balaban J connectivity index is 1.82. The first-order valence-corrected chi connectivity index (χ1v) is 11.7. The summed E-state index contributed by atoms with van der Waals surface area (Å²) in [5, 5.41) is 29.0. The third kappa shape index (κ3) is 12.3. The molecule has 8 N–H and O–H groups in total. The van der Waals surface area contributed by atoms with Crippen molar-refractivity contribution in [3.05, 3.63) is 0 Å². The molecule has 2 rings (SSSR count). The summed E-state index contributed by atoms with van der Waals surface area (Å²) < 4.78 is 0. The van der Waals surface area contributed by atoms with Gasteiger partial charge in [0.15, 0.2) is 0 Å². The fourth-order valence-corrected chi connectivity index (χ4v) is 3.88. The van der Waals surface area contributed by atoms with Gasteiger partial charge < -0.3 is 42.5 Å². The Bertz CT molecular complexity index is 284. The van der Waals surface area contributed by atoms with Crippen LogP contribution in [-0.4, -0.2) is 104 Å². The standard InChI is InChI=1S/C20H46N8/c1-5-21-11-13-25-9-3-19(27-17-15-23-7-1)20-4-10-26-14-12-22-6-2-8-24-16-18-28-20/h19-28H,1-18H2. The van der Waals surface area contributed by atoms with Crippen molar-refractivity contribution in [2.75, 3.05) is 91.6 Å². The number of hydrogen-bond acceptors (Lipinski definition) is 8. The highest BCUT2D eigenvalue weighted by Gasteiger charge is 2.20. The molecule has 28 heavy (non-hydrogen) atoms. The van der Waals surface area contributed by atoms with E-state index in [-0.39, 0.29) is 0 Å². The van der Waals surface area contributed by atoms with E-state index in [1.165, 1.54) is 12.8 Å². The van der Waals surface area contributed by atoms with Crippen LogP contribution in [0.15, 0.2) is 0 Å². The van der Waals surface area contributed by atoms with E-state index >= 15 is 0 Å². The molecule has 0 spiro atoms. The fourth-order valence-electron chi connectivity index (χ4n) is 3.88. The monoisotopic (exact) mass is 398 g/mol. The molecule has 0 aromatic heterocycles. The summed E-state index contributed by atoms with van der Waals surface area (Å²) in [5.41, 5.74) is 0. The second-order valence-electron chi connectivity index (χ2n) is 7.91. The van der Waals surface area contributed by atoms with E-state index in [4.69, 9.17) is 0 Å². The van der Waals surface area contributed by atoms with Crippen molar-refractivity contribution < 1.29 is 0 Å². The first-order chi connectivity index (χ1) is 14.0. The number of hydrogen-bond donors (Lipinski definition) is 8. The minimum absolute atomic E-state index is 0.498. The molecule has 2 unspecified atom stereocenters. The van der Waals surface area contributed by atoms with Crippen LogP contribution in [0.3, 0.4) is 0 Å². The molecule has 2 aliphatic rings. The van der Waals surface area contributed by atoms with Gasteiger partial charge in [0.05, 0.1) is 0 Å². The lowest BCUT2D eigenvalue weighted by molar-refractivity contribution is 0.325. The van der Waals surface area contributed by atoms with E-state index in [9.17, 15) is 0 Å². The molecule has 2 fully saturated rings. The van der Waals surface area contributed by atoms with Gasteiger partial charge in [-0.25, -0.2) is 0 Å². The van der Waals surface area contributed by atoms with Crippen molar-refractivity contribution in [1.29, 1.82) is 0 Å². The molecule has 8 nitrogen and oxygen atoms in total. The summed E-state index contributed by atoms with van der Waals surface area (Å²) in [4.78, 5) is 0. The summed E-state index contributed by atoms with van der Waals surface area (Å²) in [6.45, 7) is 14.9. The van der Waals surface area contributed by atoms with Crippen LogP contribution in [-0.2, 0) is 0 Å². The molecule has 0 radical (unpaired) electrons. The third-order valence-electron chi connectivity index (χ3n) is 5.54. The Kier molecular flexibility index (Phi) is 15.0. The van der Waals surface area contributed by atoms with Crippen molar-refractivity contribution >= 4 is 0 Å². The van der Waals surface area contributed by atoms with Crippen LogP contribution >= 0.6 is 0 Å². The van der Waals surface area contributed by atoms with Crippen molar-refractivity contribution in [1.82, 2.24) is 42.5 Å². The topological polar surface area (TPSA) is 96.2 Å². The molecular weight excluding hydrogens is 352 g/mol. The third-order valence-corrected chi connectivity index (χ3v) is 5.54. The first kappa shape index (κ1) is 24.0. The lowest BCUT2D eigenvalue weighted by atomic mass is 10.0. The highest BCUT2D eigenvalue weighted by atomic mass is 15.1. The van der Waals surface area contributed by atoms with Crippen LogP contribution in [0.1, 0.15) is 25.7 Å². The number of nitrogens with one attached hydrogen (secondary N) is 8. The van der Waals surface area contributed by atoms with Gasteiger partial charge in [-0.1, -0.05) is 0 Å². The highest BCUT2D eigenvalue weighted by molar-refractivity contribution is 4.84. The molecule has 2 heterocycles. The molecule has 2 saturated heterocycles. The predicted octanol–water partition coefficient (Wildman–Crippen LogP) is -1.97. The molecule has 0 amide bonds. The van der Waals surface area contributed by atoms with Gasteiger partial charge in [-0.3, -0.25) is 0 Å². The fraction of sp³-hybridized carbons (Fsp3) is 1.00. The van der Waals surface area contributed by atoms with Crippen LogP contribution in [0, 0.1) is 0 Å². The van der Waals surface area contributed by atoms with Crippen molar-refractivity contribution in [3.63, 3.8) is 0 Å². The molecule has 166 valence electrons. The number of rotatable bonds is 1. The minimum Gasteiger partial charge on any atom is -0.315 e. The lowest BCUT2D eigenvalue weighted by Gasteiger charge is -2.30. The quantitative estimate of drug-likeness (QED) is 0.258. The summed E-state index contributed by atoms with van der Waals surface area (Å²) in [7, 11) is 0. The molecule has 2 atom stereocenters. The molecule has 0 bridgehead atoms. The maximum atomic E-state index is 3.84. The average molecular weight is 399 g/mol. The maximum absolute atomic E-state index is 3.84. The molecule has 0 aromatic carbocycles. The van der Waals surface area contributed by atoms with Gasteiger partial charge in [-0.2, -0.15) is 0 Å². The Morgan fingerprint density at radius 1 is 0.321 bits per heavy atom. The molecular formula is C20H46N8. The van der Waals surface area contributed by atoms with Gasteiger partial charge in [-0.05, 0) is 65.0 Å². The summed E-state index contributed by atoms with van der Waals surface area (Å²) in [5.74, 6) is 0. The predicted molar refractivity (Wildman–Crippen MR) is 119 cm³/mol. The van der Waals surface area contributed by atoms with Gasteiger partial charge in [0.2, 0.25) is 0 Å². The van der Waals surface area contributed by atoms with Gasteiger partial charge >= 0.3 is 0 Å². The lowest BCUT2D eigenvalue weighted by Crippen LogP contribution is -2.53. The van der Waals surface area contributed by atoms with Crippen molar-refractivity contribution in [3.8, 4) is 0 Å². The van der Waals surface area contributed by atoms with E-state index < -0.39 is 0 Å². The van der Waals surface area contributed by atoms with Gasteiger partial charge in [0, 0.05) is 64.4 Å². The van der Waals surface area contributed by atoms with Crippen molar-refractivity contribution in [2.24, 2.45) is 0 Å². The first-order valence-electron chi connectivity index (χ1n) is 11.7. The van der Waals surface area contributed by atoms with Crippen LogP contribution in [0.5, 0.6) is 0 Å². The van der Waals surface area contributed by atoms with Crippen LogP contribution in [0.2, 0.25) is 0 Å². The smallest absolute Gasteiger partial charge is 0.0234 e. The van der Waals surface area contributed by atoms with Gasteiger partial charge in [0.25, 0.3) is 0 Å². The maximum Gasteiger partial charge on any atom is 0.0234 e. The summed E-state index contributed by atoms with van der Waals surface area (Å²) in [6, 6.07) is 0.996. The van der Waals surface area contributed by atoms with Gasteiger partial charge in [-0.15, -0.1) is 0 Å². The SMILES string of the molecule is C1CNCCNCCC(C2CCNCCNCCCNCCN2)NCCNC1. The Morgan fingerprint density at radius 3 is 1.04 bits per heavy atom. The molecule has 0 aliphatic carbocycles. The Hall–Kier alpha value is -0.320. The molecule has 0 aromatic rings. The largest absolute Gasteiger partial charge is 0.315 e. The van der Waals surface area contributed by atoms with Crippen LogP contribution in [0.4, 0.5) is 0 Å². The highest BCUT2D eigenvalue weighted by Crippen LogP contribution is 2.04. The zero-order valence-electron chi connectivity index (χ0n) is 17.9. The zero-order chi connectivity index (χ0) is 19.5. The van der Waals surface area contributed by atoms with E-state index in [0.29, 0.717) is 12.1 Å². The second kappa shape index (κ2) is 17.5. The van der Waals surface area contributed by atoms with Crippen LogP contribution < -0.4 is 42.5 Å². The van der Waals surface area contributed by atoms with E-state index in [1.54, 1.807) is 0 Å². The Morgan fingerprint density at radius 2 is 0.643 bits per heavy atom. The minimum atomic E-state index is 0.498. The average Bonchev–Trinajstić information content (AvgIpc) is 2.71. The molecule has 0 saturated carbocycles. The molecule has 2 aliphatic heterocycles. The van der Waals surface area contributed by atoms with E-state index in [2.05, 4.69) is 42.5 Å². The van der Waals surface area contributed by atoms with Crippen molar-refractivity contribution in [2.45, 2.75) is 37.8 Å². The van der Waals surface area contributed by atoms with E-state index in [0.717, 1.165) is 104 Å². The molecule has 8 heteroatoms. The Labute approximate surface area is 172 Å². The van der Waals surface area contributed by atoms with E-state index in [1.807, 2.05) is 0 Å². The zero-order valence-corrected chi connectivity index (χ0v) is 17.9. The summed E-state index contributed by atoms with van der Waals surface area (Å²) in [6.07, 6.45) is 4.71. The van der Waals surface area contributed by atoms with Crippen LogP contribution in [0.25, 0.3) is 0 Å². The second-order valence-corrected chi connectivity index (χ2v) is 7.91. The normalized spacial score (nSPS) is 30.0. The van der Waals surface area contributed by atoms with Gasteiger partial charge in [0.1, 0.15) is 0 Å².